The maximum atomic E-state index is 12.9. The second-order valence-corrected chi connectivity index (χ2v) is 4.22. The van der Waals surface area contributed by atoms with Crippen molar-refractivity contribution in [1.29, 1.82) is 0 Å². The lowest BCUT2D eigenvalue weighted by Gasteiger charge is -2.31. The number of hydrogen-bond donors (Lipinski definition) is 1. The van der Waals surface area contributed by atoms with Crippen LogP contribution in [-0.2, 0) is 9.53 Å². The molecule has 0 aromatic carbocycles. The highest BCUT2D eigenvalue weighted by molar-refractivity contribution is 5.81. The minimum Gasteiger partial charge on any atom is -0.364 e. The Hall–Kier alpha value is -0.820. The van der Waals surface area contributed by atoms with Crippen LogP contribution in [0.1, 0.15) is 20.3 Å². The highest BCUT2D eigenvalue weighted by atomic mass is 19.4. The Balaban J connectivity index is 2.83. The number of carbonyl (C=O) groups is 1. The molecule has 1 saturated heterocycles. The van der Waals surface area contributed by atoms with Crippen LogP contribution in [-0.4, -0.2) is 48.3 Å². The van der Waals surface area contributed by atoms with Crippen LogP contribution in [0.3, 0.4) is 0 Å². The van der Waals surface area contributed by atoms with Crippen molar-refractivity contribution in [3.05, 3.63) is 0 Å². The van der Waals surface area contributed by atoms with Crippen LogP contribution >= 0.6 is 0 Å². The Morgan fingerprint density at radius 3 is 2.59 bits per heavy atom. The molecule has 7 heteroatoms. The summed E-state index contributed by atoms with van der Waals surface area (Å²) in [4.78, 5) is 12.7. The van der Waals surface area contributed by atoms with E-state index in [0.717, 1.165) is 4.90 Å². The number of halogens is 3. The fourth-order valence-corrected chi connectivity index (χ4v) is 1.97. The van der Waals surface area contributed by atoms with Crippen molar-refractivity contribution in [2.24, 2.45) is 5.73 Å². The predicted octanol–water partition coefficient (Wildman–Crippen LogP) is 0.904. The van der Waals surface area contributed by atoms with Gasteiger partial charge in [-0.2, -0.15) is 13.2 Å². The van der Waals surface area contributed by atoms with Crippen LogP contribution in [0.4, 0.5) is 13.2 Å². The molecule has 4 nitrogen and oxygen atoms in total. The average molecular weight is 254 g/mol. The molecular formula is C10H17F3N2O2. The first kappa shape index (κ1) is 14.2. The summed E-state index contributed by atoms with van der Waals surface area (Å²) in [6, 6.07) is -0.791. The summed E-state index contributed by atoms with van der Waals surface area (Å²) in [7, 11) is 0. The number of alkyl halides is 3. The second kappa shape index (κ2) is 4.81. The molecule has 1 fully saturated rings. The van der Waals surface area contributed by atoms with E-state index in [1.54, 1.807) is 0 Å². The van der Waals surface area contributed by atoms with Gasteiger partial charge in [0.1, 0.15) is 0 Å². The van der Waals surface area contributed by atoms with E-state index in [2.05, 4.69) is 0 Å². The number of hydrogen-bond acceptors (Lipinski definition) is 3. The molecule has 1 heterocycles. The highest BCUT2D eigenvalue weighted by Gasteiger charge is 2.59. The molecule has 17 heavy (non-hydrogen) atoms. The molecule has 0 unspecified atom stereocenters. The summed E-state index contributed by atoms with van der Waals surface area (Å²) in [6.07, 6.45) is -4.71. The predicted molar refractivity (Wildman–Crippen MR) is 55.3 cm³/mol. The van der Waals surface area contributed by atoms with Gasteiger partial charge in [-0.1, -0.05) is 0 Å². The quantitative estimate of drug-likeness (QED) is 0.814. The maximum Gasteiger partial charge on any atom is 0.419 e. The maximum absolute atomic E-state index is 12.9. The number of nitrogens with zero attached hydrogens (tertiary/aromatic N) is 1. The molecule has 0 aromatic heterocycles. The number of carbonyl (C=O) groups excluding carboxylic acids is 1. The van der Waals surface area contributed by atoms with Crippen LogP contribution < -0.4 is 5.73 Å². The molecule has 0 aromatic rings. The van der Waals surface area contributed by atoms with Crippen molar-refractivity contribution in [2.45, 2.75) is 38.1 Å². The molecule has 2 N–H and O–H groups in total. The molecular weight excluding hydrogens is 237 g/mol. The molecule has 0 spiro atoms. The van der Waals surface area contributed by atoms with Gasteiger partial charge < -0.3 is 15.4 Å². The summed E-state index contributed by atoms with van der Waals surface area (Å²) < 4.78 is 43.7. The molecule has 0 aliphatic carbocycles. The number of amides is 1. The van der Waals surface area contributed by atoms with Crippen LogP contribution in [0.25, 0.3) is 0 Å². The fraction of sp³-hybridized carbons (Fsp3) is 0.900. The van der Waals surface area contributed by atoms with Crippen LogP contribution in [0.2, 0.25) is 0 Å². The summed E-state index contributed by atoms with van der Waals surface area (Å²) in [5.74, 6) is -0.476. The largest absolute Gasteiger partial charge is 0.419 e. The summed E-state index contributed by atoms with van der Waals surface area (Å²) in [5, 5.41) is 0. The van der Waals surface area contributed by atoms with Gasteiger partial charge in [-0.15, -0.1) is 0 Å². The zero-order valence-corrected chi connectivity index (χ0v) is 9.88. The third-order valence-electron chi connectivity index (χ3n) is 2.87. The lowest BCUT2D eigenvalue weighted by atomic mass is 10.0. The zero-order valence-electron chi connectivity index (χ0n) is 9.88. The second-order valence-electron chi connectivity index (χ2n) is 4.22. The van der Waals surface area contributed by atoms with Gasteiger partial charge in [-0.05, 0) is 13.8 Å². The molecule has 0 radical (unpaired) electrons. The van der Waals surface area contributed by atoms with E-state index < -0.39 is 30.3 Å². The number of likely N-dealkylation sites (tertiary alicyclic amines) is 1. The van der Waals surface area contributed by atoms with Crippen molar-refractivity contribution < 1.29 is 22.7 Å². The average Bonchev–Trinajstić information content (AvgIpc) is 2.62. The van der Waals surface area contributed by atoms with E-state index >= 15 is 0 Å². The number of nitrogens with two attached hydrogens (primary N) is 1. The van der Waals surface area contributed by atoms with Crippen molar-refractivity contribution in [1.82, 2.24) is 4.90 Å². The topological polar surface area (TPSA) is 55.6 Å². The molecule has 100 valence electrons. The zero-order chi connectivity index (χ0) is 13.3. The molecule has 2 atom stereocenters. The normalized spacial score (nSPS) is 27.3. The van der Waals surface area contributed by atoms with Crippen molar-refractivity contribution in [3.8, 4) is 0 Å². The Labute approximate surface area is 97.9 Å². The molecule has 1 rings (SSSR count). The first-order chi connectivity index (χ1) is 7.73. The van der Waals surface area contributed by atoms with E-state index in [-0.39, 0.29) is 19.6 Å². The van der Waals surface area contributed by atoms with Gasteiger partial charge in [0.2, 0.25) is 5.91 Å². The van der Waals surface area contributed by atoms with Crippen LogP contribution in [0.5, 0.6) is 0 Å². The highest BCUT2D eigenvalue weighted by Crippen LogP contribution is 2.40. The molecule has 0 saturated carbocycles. The van der Waals surface area contributed by atoms with E-state index in [1.165, 1.54) is 13.8 Å². The standard InChI is InChI=1S/C10H17F3N2O2/c1-3-17-9(10(11,12)13)4-5-15(6-9)8(16)7(2)14/h7H,3-6,14H2,1-2H3/t7-,9-/m0/s1. The van der Waals surface area contributed by atoms with Crippen molar-refractivity contribution in [2.75, 3.05) is 19.7 Å². The van der Waals surface area contributed by atoms with E-state index in [0.29, 0.717) is 0 Å². The third-order valence-corrected chi connectivity index (χ3v) is 2.87. The Bertz CT molecular complexity index is 294. The molecule has 1 aliphatic rings. The number of ether oxygens (including phenoxy) is 1. The Morgan fingerprint density at radius 2 is 2.18 bits per heavy atom. The monoisotopic (exact) mass is 254 g/mol. The SMILES string of the molecule is CCO[C@@]1(C(F)(F)F)CCN(C(=O)[C@H](C)N)C1. The van der Waals surface area contributed by atoms with E-state index in [1.807, 2.05) is 0 Å². The molecule has 1 amide bonds. The molecule has 0 bridgehead atoms. The van der Waals surface area contributed by atoms with Crippen molar-refractivity contribution >= 4 is 5.91 Å². The van der Waals surface area contributed by atoms with Crippen LogP contribution in [0.15, 0.2) is 0 Å². The minimum absolute atomic E-state index is 0.0277. The van der Waals surface area contributed by atoms with Gasteiger partial charge in [0.05, 0.1) is 12.6 Å². The summed E-state index contributed by atoms with van der Waals surface area (Å²) >= 11 is 0. The van der Waals surface area contributed by atoms with Gasteiger partial charge in [0.15, 0.2) is 5.60 Å². The van der Waals surface area contributed by atoms with Gasteiger partial charge in [0, 0.05) is 19.6 Å². The Morgan fingerprint density at radius 1 is 1.59 bits per heavy atom. The smallest absolute Gasteiger partial charge is 0.364 e. The first-order valence-electron chi connectivity index (χ1n) is 5.48. The molecule has 1 aliphatic heterocycles. The Kier molecular flexibility index (Phi) is 4.03. The lowest BCUT2D eigenvalue weighted by Crippen LogP contribution is -2.51. The third kappa shape index (κ3) is 2.71. The van der Waals surface area contributed by atoms with E-state index in [9.17, 15) is 18.0 Å². The number of rotatable bonds is 3. The summed E-state index contributed by atoms with van der Waals surface area (Å²) in [5.41, 5.74) is 3.14. The first-order valence-corrected chi connectivity index (χ1v) is 5.48. The van der Waals surface area contributed by atoms with Gasteiger partial charge in [0.25, 0.3) is 0 Å². The van der Waals surface area contributed by atoms with E-state index in [4.69, 9.17) is 10.5 Å². The van der Waals surface area contributed by atoms with Gasteiger partial charge in [-0.25, -0.2) is 0 Å². The minimum atomic E-state index is -4.48. The van der Waals surface area contributed by atoms with Crippen molar-refractivity contribution in [3.63, 3.8) is 0 Å². The van der Waals surface area contributed by atoms with Gasteiger partial charge in [-0.3, -0.25) is 4.79 Å². The van der Waals surface area contributed by atoms with Gasteiger partial charge >= 0.3 is 6.18 Å². The summed E-state index contributed by atoms with van der Waals surface area (Å²) in [6.45, 7) is 2.48. The lowest BCUT2D eigenvalue weighted by molar-refractivity contribution is -0.270. The fourth-order valence-electron chi connectivity index (χ4n) is 1.97. The van der Waals surface area contributed by atoms with Crippen LogP contribution in [0, 0.1) is 0 Å².